The molecule has 4 heterocycles. The molecule has 1 amide bonds. The molecule has 2 aliphatic rings. The van der Waals surface area contributed by atoms with Crippen LogP contribution in [0.1, 0.15) is 40.2 Å². The van der Waals surface area contributed by atoms with Gasteiger partial charge >= 0.3 is 0 Å². The Labute approximate surface area is 277 Å². The van der Waals surface area contributed by atoms with Gasteiger partial charge in [-0.1, -0.05) is 54.1 Å². The molecule has 0 unspecified atom stereocenters. The number of aryl methyl sites for hydroxylation is 1. The van der Waals surface area contributed by atoms with Crippen LogP contribution in [0.4, 0.5) is 0 Å². The highest BCUT2D eigenvalue weighted by Crippen LogP contribution is 2.36. The lowest BCUT2D eigenvalue weighted by Gasteiger charge is -2.42. The number of piperidine rings is 1. The van der Waals surface area contributed by atoms with Crippen molar-refractivity contribution in [2.24, 2.45) is 0 Å². The van der Waals surface area contributed by atoms with Crippen LogP contribution in [0.2, 0.25) is 0 Å². The molecule has 2 aliphatic heterocycles. The first-order valence-corrected chi connectivity index (χ1v) is 17.7. The number of carbonyl (C=O) groups is 1. The van der Waals surface area contributed by atoms with Crippen molar-refractivity contribution in [3.63, 3.8) is 0 Å². The van der Waals surface area contributed by atoms with Crippen molar-refractivity contribution in [3.8, 4) is 22.3 Å². The maximum atomic E-state index is 14.0. The number of hydrogen-bond donors (Lipinski definition) is 0. The van der Waals surface area contributed by atoms with Gasteiger partial charge in [0.15, 0.2) is 5.65 Å². The number of hydrogen-bond acceptors (Lipinski definition) is 6. The third-order valence-corrected chi connectivity index (χ3v) is 11.6. The number of pyridine rings is 1. The molecule has 0 saturated carbocycles. The summed E-state index contributed by atoms with van der Waals surface area (Å²) in [7, 11) is 2.31. The van der Waals surface area contributed by atoms with Gasteiger partial charge in [0.25, 0.3) is 15.9 Å². The fourth-order valence-corrected chi connectivity index (χ4v) is 8.01. The highest BCUT2D eigenvalue weighted by Gasteiger charge is 2.32. The van der Waals surface area contributed by atoms with Crippen LogP contribution in [0.5, 0.6) is 0 Å². The normalized spacial score (nSPS) is 16.6. The number of carbonyl (C=O) groups excluding carboxylic acids is 1. The quantitative estimate of drug-likeness (QED) is 0.212. The van der Waals surface area contributed by atoms with E-state index in [0.717, 1.165) is 59.1 Å². The number of nitrogens with zero attached hydrogens (tertiary/aromatic N) is 5. The van der Waals surface area contributed by atoms with E-state index in [2.05, 4.69) is 41.1 Å². The van der Waals surface area contributed by atoms with Crippen molar-refractivity contribution in [2.75, 3.05) is 47.3 Å². The van der Waals surface area contributed by atoms with E-state index < -0.39 is 10.0 Å². The molecule has 2 saturated heterocycles. The molecule has 7 rings (SSSR count). The summed E-state index contributed by atoms with van der Waals surface area (Å²) >= 11 is 0. The molecule has 0 bridgehead atoms. The third-order valence-electron chi connectivity index (χ3n) is 9.95. The van der Waals surface area contributed by atoms with E-state index in [-0.39, 0.29) is 10.8 Å². The van der Waals surface area contributed by atoms with Crippen molar-refractivity contribution >= 4 is 27.0 Å². The van der Waals surface area contributed by atoms with Crippen LogP contribution in [0.3, 0.4) is 0 Å². The number of rotatable bonds is 7. The third kappa shape index (κ3) is 5.99. The van der Waals surface area contributed by atoms with E-state index in [1.165, 1.54) is 9.54 Å². The molecule has 2 aromatic heterocycles. The SMILES string of the molecule is Cc1ccc(S(=O)(=O)n2cc(-c3ccc(C(=O)N4CC(N(C)C)C4)cc3)c3cc(-c4ccc(C5CCN(C)CC5)cc4)cnc32)cc1. The van der Waals surface area contributed by atoms with Crippen LogP contribution in [0.15, 0.2) is 96.2 Å². The van der Waals surface area contributed by atoms with E-state index in [4.69, 9.17) is 4.98 Å². The van der Waals surface area contributed by atoms with Crippen LogP contribution >= 0.6 is 0 Å². The molecule has 8 nitrogen and oxygen atoms in total. The van der Waals surface area contributed by atoms with Gasteiger partial charge in [-0.25, -0.2) is 17.4 Å². The summed E-state index contributed by atoms with van der Waals surface area (Å²) in [5.41, 5.74) is 6.82. The average molecular weight is 648 g/mol. The van der Waals surface area contributed by atoms with Gasteiger partial charge in [0.1, 0.15) is 0 Å². The van der Waals surface area contributed by atoms with E-state index >= 15 is 0 Å². The summed E-state index contributed by atoms with van der Waals surface area (Å²) in [5, 5.41) is 0.730. The van der Waals surface area contributed by atoms with Crippen molar-refractivity contribution in [3.05, 3.63) is 108 Å². The Morgan fingerprint density at radius 3 is 2.13 bits per heavy atom. The summed E-state index contributed by atoms with van der Waals surface area (Å²) < 4.78 is 29.2. The standard InChI is InChI=1S/C38H41N5O3S/c1-26-5-15-34(16-6-26)47(45,46)43-25-36(30-11-13-31(14-12-30)38(44)42-23-33(24-42)40(2)3)35-21-32(22-39-37(35)43)28-9-7-27(8-10-28)29-17-19-41(4)20-18-29/h5-16,21-22,25,29,33H,17-20,23-24H2,1-4H3. The molecule has 0 aliphatic carbocycles. The van der Waals surface area contributed by atoms with E-state index in [1.807, 2.05) is 56.3 Å². The lowest BCUT2D eigenvalue weighted by atomic mass is 9.89. The van der Waals surface area contributed by atoms with Crippen molar-refractivity contribution < 1.29 is 13.2 Å². The lowest BCUT2D eigenvalue weighted by molar-refractivity contribution is 0.0399. The number of benzene rings is 3. The molecule has 242 valence electrons. The molecular weight excluding hydrogens is 607 g/mol. The van der Waals surface area contributed by atoms with Crippen molar-refractivity contribution in [1.82, 2.24) is 23.7 Å². The number of likely N-dealkylation sites (N-methyl/N-ethyl adjacent to an activating group) is 1. The van der Waals surface area contributed by atoms with Crippen LogP contribution in [0, 0.1) is 6.92 Å². The molecule has 3 aromatic carbocycles. The second kappa shape index (κ2) is 12.4. The van der Waals surface area contributed by atoms with Gasteiger partial charge < -0.3 is 14.7 Å². The number of fused-ring (bicyclic) bond motifs is 1. The number of aromatic nitrogens is 2. The number of amides is 1. The van der Waals surface area contributed by atoms with Crippen LogP contribution in [0.25, 0.3) is 33.3 Å². The molecule has 47 heavy (non-hydrogen) atoms. The first-order valence-electron chi connectivity index (χ1n) is 16.3. The maximum absolute atomic E-state index is 14.0. The fourth-order valence-electron chi connectivity index (χ4n) is 6.69. The average Bonchev–Trinajstić information content (AvgIpc) is 3.44. The second-order valence-corrected chi connectivity index (χ2v) is 15.2. The van der Waals surface area contributed by atoms with Gasteiger partial charge in [-0.2, -0.15) is 0 Å². The van der Waals surface area contributed by atoms with Gasteiger partial charge in [-0.3, -0.25) is 4.79 Å². The maximum Gasteiger partial charge on any atom is 0.269 e. The summed E-state index contributed by atoms with van der Waals surface area (Å²) in [5.74, 6) is 0.575. The summed E-state index contributed by atoms with van der Waals surface area (Å²) in [6.07, 6.45) is 5.74. The minimum Gasteiger partial charge on any atom is -0.335 e. The minimum absolute atomic E-state index is 0.00618. The second-order valence-electron chi connectivity index (χ2n) is 13.4. The van der Waals surface area contributed by atoms with Gasteiger partial charge in [-0.05, 0) is 107 Å². The Morgan fingerprint density at radius 1 is 0.851 bits per heavy atom. The van der Waals surface area contributed by atoms with Gasteiger partial charge in [0.05, 0.1) is 4.90 Å². The molecular formula is C38H41N5O3S. The molecule has 0 atom stereocenters. The molecule has 0 spiro atoms. The van der Waals surface area contributed by atoms with Crippen molar-refractivity contribution in [2.45, 2.75) is 36.6 Å². The Bertz CT molecular complexity index is 2020. The zero-order chi connectivity index (χ0) is 32.9. The van der Waals surface area contributed by atoms with Gasteiger partial charge in [-0.15, -0.1) is 0 Å². The van der Waals surface area contributed by atoms with Crippen molar-refractivity contribution in [1.29, 1.82) is 0 Å². The summed E-state index contributed by atoms with van der Waals surface area (Å²) in [6.45, 7) is 5.59. The van der Waals surface area contributed by atoms with E-state index in [0.29, 0.717) is 36.3 Å². The first-order chi connectivity index (χ1) is 22.6. The molecule has 2 fully saturated rings. The Balaban J connectivity index is 1.26. The van der Waals surface area contributed by atoms with E-state index in [1.54, 1.807) is 36.7 Å². The van der Waals surface area contributed by atoms with Crippen LogP contribution < -0.4 is 0 Å². The van der Waals surface area contributed by atoms with Crippen LogP contribution in [-0.4, -0.2) is 91.3 Å². The van der Waals surface area contributed by atoms with Crippen LogP contribution in [-0.2, 0) is 10.0 Å². The monoisotopic (exact) mass is 647 g/mol. The predicted octanol–water partition coefficient (Wildman–Crippen LogP) is 6.11. The molecule has 0 N–H and O–H groups in total. The van der Waals surface area contributed by atoms with Gasteiger partial charge in [0, 0.05) is 53.6 Å². The fraction of sp³-hybridized carbons (Fsp3) is 0.316. The highest BCUT2D eigenvalue weighted by atomic mass is 32.2. The minimum atomic E-state index is -3.92. The number of likely N-dealkylation sites (tertiary alicyclic amines) is 2. The Hall–Kier alpha value is -4.31. The molecule has 0 radical (unpaired) electrons. The Morgan fingerprint density at radius 2 is 1.49 bits per heavy atom. The van der Waals surface area contributed by atoms with E-state index in [9.17, 15) is 13.2 Å². The zero-order valence-electron chi connectivity index (χ0n) is 27.4. The largest absolute Gasteiger partial charge is 0.335 e. The van der Waals surface area contributed by atoms with Gasteiger partial charge in [0.2, 0.25) is 0 Å². The molecule has 9 heteroatoms. The predicted molar refractivity (Wildman–Crippen MR) is 187 cm³/mol. The first kappa shape index (κ1) is 31.3. The summed E-state index contributed by atoms with van der Waals surface area (Å²) in [6, 6.07) is 25.5. The highest BCUT2D eigenvalue weighted by molar-refractivity contribution is 7.90. The summed E-state index contributed by atoms with van der Waals surface area (Å²) in [4.78, 5) is 24.5. The zero-order valence-corrected chi connectivity index (χ0v) is 28.2. The Kier molecular flexibility index (Phi) is 8.24. The lowest BCUT2D eigenvalue weighted by Crippen LogP contribution is -2.59. The topological polar surface area (TPSA) is 78.8 Å². The molecule has 5 aromatic rings. The smallest absolute Gasteiger partial charge is 0.269 e.